The number of rotatable bonds is 5. The van der Waals surface area contributed by atoms with Crippen LogP contribution in [-0.2, 0) is 6.42 Å². The fraction of sp³-hybridized carbons (Fsp3) is 0.529. The Morgan fingerprint density at radius 2 is 2.17 bits per heavy atom. The smallest absolute Gasteiger partial charge is 0.545 e. The van der Waals surface area contributed by atoms with E-state index in [4.69, 9.17) is 0 Å². The molecular formula is C17H21LiN4O2. The fourth-order valence-corrected chi connectivity index (χ4v) is 4.06. The molecule has 2 aromatic rings. The van der Waals surface area contributed by atoms with Crippen LogP contribution in [0.5, 0.6) is 0 Å². The van der Waals surface area contributed by atoms with Crippen molar-refractivity contribution in [2.45, 2.75) is 25.3 Å². The number of H-pyrrole nitrogens is 1. The van der Waals surface area contributed by atoms with Crippen LogP contribution < -0.4 is 29.3 Å². The number of nitrogens with one attached hydrogen (secondary N) is 2. The van der Waals surface area contributed by atoms with Crippen LogP contribution in [-0.4, -0.2) is 53.3 Å². The number of benzene rings is 1. The van der Waals surface area contributed by atoms with Gasteiger partial charge in [0.15, 0.2) is 0 Å². The van der Waals surface area contributed by atoms with E-state index in [1.165, 1.54) is 25.9 Å². The Morgan fingerprint density at radius 3 is 2.83 bits per heavy atom. The van der Waals surface area contributed by atoms with E-state index < -0.39 is 5.97 Å². The first-order valence-electron chi connectivity index (χ1n) is 8.35. The largest absolute Gasteiger partial charge is 1.00 e. The Kier molecular flexibility index (Phi) is 5.31. The Balaban J connectivity index is 0.00000169. The van der Waals surface area contributed by atoms with Gasteiger partial charge in [-0.3, -0.25) is 5.10 Å². The van der Waals surface area contributed by atoms with Gasteiger partial charge in [-0.25, -0.2) is 0 Å². The van der Waals surface area contributed by atoms with Crippen LogP contribution in [0.3, 0.4) is 0 Å². The van der Waals surface area contributed by atoms with E-state index in [0.29, 0.717) is 16.9 Å². The number of carboxylic acid groups (broad SMARTS) is 1. The molecule has 3 aliphatic heterocycles. The minimum atomic E-state index is -1.15. The first-order chi connectivity index (χ1) is 11.2. The molecule has 4 heterocycles. The van der Waals surface area contributed by atoms with Gasteiger partial charge in [-0.1, -0.05) is 12.1 Å². The molecule has 1 aromatic carbocycles. The number of carbonyl (C=O) groups is 1. The van der Waals surface area contributed by atoms with E-state index in [-0.39, 0.29) is 24.4 Å². The molecule has 0 amide bonds. The Hall–Kier alpha value is -1.32. The molecule has 5 rings (SSSR count). The Bertz CT molecular complexity index is 724. The van der Waals surface area contributed by atoms with Crippen LogP contribution in [0.1, 0.15) is 28.9 Å². The SMILES string of the molecule is O=C([O-])c1cccc2n[nH]c(CCN[C@@H]3CN4CCC3CC4)c12.[Li+]. The summed E-state index contributed by atoms with van der Waals surface area (Å²) >= 11 is 0. The van der Waals surface area contributed by atoms with E-state index in [2.05, 4.69) is 20.4 Å². The minimum Gasteiger partial charge on any atom is -0.545 e. The maximum absolute atomic E-state index is 11.3. The number of aromatic carboxylic acids is 1. The second-order valence-corrected chi connectivity index (χ2v) is 6.64. The van der Waals surface area contributed by atoms with Crippen molar-refractivity contribution in [1.82, 2.24) is 20.4 Å². The molecule has 1 aromatic heterocycles. The van der Waals surface area contributed by atoms with Crippen LogP contribution in [0.25, 0.3) is 10.9 Å². The van der Waals surface area contributed by atoms with E-state index >= 15 is 0 Å². The molecule has 3 saturated heterocycles. The number of piperidine rings is 3. The summed E-state index contributed by atoms with van der Waals surface area (Å²) in [5.41, 5.74) is 1.77. The summed E-state index contributed by atoms with van der Waals surface area (Å²) in [5, 5.41) is 22.8. The summed E-state index contributed by atoms with van der Waals surface area (Å²) in [4.78, 5) is 13.8. The molecule has 3 fully saturated rings. The van der Waals surface area contributed by atoms with Gasteiger partial charge < -0.3 is 20.1 Å². The molecular weight excluding hydrogens is 299 g/mol. The van der Waals surface area contributed by atoms with Crippen molar-refractivity contribution in [3.63, 3.8) is 0 Å². The summed E-state index contributed by atoms with van der Waals surface area (Å²) in [7, 11) is 0. The van der Waals surface area contributed by atoms with E-state index in [1.54, 1.807) is 12.1 Å². The van der Waals surface area contributed by atoms with Gasteiger partial charge in [-0.05, 0) is 37.9 Å². The molecule has 7 heteroatoms. The number of carboxylic acids is 1. The summed E-state index contributed by atoms with van der Waals surface area (Å²) in [6, 6.07) is 5.66. The fourth-order valence-electron chi connectivity index (χ4n) is 4.06. The Labute approximate surface area is 153 Å². The van der Waals surface area contributed by atoms with E-state index in [0.717, 1.165) is 31.1 Å². The topological polar surface area (TPSA) is 84.1 Å². The van der Waals surface area contributed by atoms with Crippen molar-refractivity contribution in [3.05, 3.63) is 29.5 Å². The zero-order valence-corrected chi connectivity index (χ0v) is 14.0. The third kappa shape index (κ3) is 3.24. The second-order valence-electron chi connectivity index (χ2n) is 6.64. The quantitative estimate of drug-likeness (QED) is 0.580. The number of aromatic nitrogens is 2. The third-order valence-corrected chi connectivity index (χ3v) is 5.31. The van der Waals surface area contributed by atoms with Gasteiger partial charge in [0.2, 0.25) is 0 Å². The van der Waals surface area contributed by atoms with Crippen LogP contribution in [0.2, 0.25) is 0 Å². The molecule has 122 valence electrons. The summed E-state index contributed by atoms with van der Waals surface area (Å²) < 4.78 is 0. The van der Waals surface area contributed by atoms with E-state index in [1.807, 2.05) is 6.07 Å². The predicted octanol–water partition coefficient (Wildman–Crippen LogP) is -2.84. The predicted molar refractivity (Wildman–Crippen MR) is 85.1 cm³/mol. The van der Waals surface area contributed by atoms with Crippen molar-refractivity contribution in [2.75, 3.05) is 26.2 Å². The van der Waals surface area contributed by atoms with Crippen molar-refractivity contribution in [3.8, 4) is 0 Å². The second kappa shape index (κ2) is 7.28. The average molecular weight is 320 g/mol. The number of hydrogen-bond donors (Lipinski definition) is 2. The van der Waals surface area contributed by atoms with Gasteiger partial charge in [0, 0.05) is 42.2 Å². The number of hydrogen-bond acceptors (Lipinski definition) is 5. The van der Waals surface area contributed by atoms with Gasteiger partial charge in [-0.2, -0.15) is 5.10 Å². The molecule has 1 atom stereocenters. The molecule has 6 nitrogen and oxygen atoms in total. The number of carbonyl (C=O) groups excluding carboxylic acids is 1. The zero-order valence-electron chi connectivity index (χ0n) is 14.0. The molecule has 3 aliphatic rings. The first-order valence-corrected chi connectivity index (χ1v) is 8.35. The van der Waals surface area contributed by atoms with Crippen molar-refractivity contribution in [1.29, 1.82) is 0 Å². The van der Waals surface area contributed by atoms with E-state index in [9.17, 15) is 9.90 Å². The number of aromatic amines is 1. The maximum Gasteiger partial charge on any atom is 1.00 e. The zero-order chi connectivity index (χ0) is 15.8. The van der Waals surface area contributed by atoms with Gasteiger partial charge in [0.05, 0.1) is 11.5 Å². The van der Waals surface area contributed by atoms with Gasteiger partial charge in [0.1, 0.15) is 0 Å². The summed E-state index contributed by atoms with van der Waals surface area (Å²) in [6.07, 6.45) is 3.32. The van der Waals surface area contributed by atoms with Crippen LogP contribution in [0.4, 0.5) is 0 Å². The summed E-state index contributed by atoms with van der Waals surface area (Å²) in [5.74, 6) is -0.360. The van der Waals surface area contributed by atoms with Gasteiger partial charge in [0.25, 0.3) is 0 Å². The molecule has 0 radical (unpaired) electrons. The maximum atomic E-state index is 11.3. The molecule has 0 aliphatic carbocycles. The molecule has 2 N–H and O–H groups in total. The monoisotopic (exact) mass is 320 g/mol. The van der Waals surface area contributed by atoms with Crippen LogP contribution in [0, 0.1) is 5.92 Å². The van der Waals surface area contributed by atoms with Crippen LogP contribution in [0.15, 0.2) is 18.2 Å². The van der Waals surface area contributed by atoms with Crippen molar-refractivity contribution >= 4 is 16.9 Å². The molecule has 24 heavy (non-hydrogen) atoms. The standard InChI is InChI=1S/C17H22N4O2.Li/c22-17(23)12-2-1-3-13-16(12)14(20-19-13)4-7-18-15-10-21-8-5-11(15)6-9-21;/h1-3,11,15,18H,4-10H2,(H,19,20)(H,22,23);/q;+1/p-1/t15-;/m1./s1. The van der Waals surface area contributed by atoms with Gasteiger partial charge >= 0.3 is 18.9 Å². The summed E-state index contributed by atoms with van der Waals surface area (Å²) in [6.45, 7) is 4.44. The molecule has 0 unspecified atom stereocenters. The average Bonchev–Trinajstić information content (AvgIpc) is 2.99. The number of fused-ring (bicyclic) bond motifs is 4. The van der Waals surface area contributed by atoms with Gasteiger partial charge in [-0.15, -0.1) is 0 Å². The molecule has 2 bridgehead atoms. The first kappa shape index (κ1) is 17.5. The number of nitrogens with zero attached hydrogens (tertiary/aromatic N) is 2. The molecule has 0 saturated carbocycles. The minimum absolute atomic E-state index is 0. The van der Waals surface area contributed by atoms with Crippen LogP contribution >= 0.6 is 0 Å². The van der Waals surface area contributed by atoms with Crippen molar-refractivity contribution in [2.24, 2.45) is 5.92 Å². The molecule has 0 spiro atoms. The third-order valence-electron chi connectivity index (χ3n) is 5.31. The normalized spacial score (nSPS) is 25.6. The van der Waals surface area contributed by atoms with Crippen molar-refractivity contribution < 1.29 is 28.8 Å². The Morgan fingerprint density at radius 1 is 1.38 bits per heavy atom.